The molecule has 2 aliphatic heterocycles. The summed E-state index contributed by atoms with van der Waals surface area (Å²) >= 11 is 0. The summed E-state index contributed by atoms with van der Waals surface area (Å²) in [5, 5.41) is 21.5. The van der Waals surface area contributed by atoms with Crippen LogP contribution in [0.25, 0.3) is 0 Å². The Balaban J connectivity index is 1.80. The molecule has 0 aromatic heterocycles. The normalized spacial score (nSPS) is 25.7. The fraction of sp³-hybridized carbons (Fsp3) is 0.690. The minimum atomic E-state index is -0.544. The maximum atomic E-state index is 13.0. The number of fused-ring (bicyclic) bond motifs is 4. The number of rotatable bonds is 3. The number of phenolic OH excluding ortho intramolecular Hbond substituents is 1. The second-order valence-corrected chi connectivity index (χ2v) is 13.7. The van der Waals surface area contributed by atoms with E-state index in [1.165, 1.54) is 14.0 Å². The van der Waals surface area contributed by atoms with E-state index in [4.69, 9.17) is 20.9 Å². The molecule has 1 aromatic rings. The van der Waals surface area contributed by atoms with Crippen LogP contribution in [0.4, 0.5) is 0 Å². The number of esters is 1. The van der Waals surface area contributed by atoms with Gasteiger partial charge in [0.05, 0.1) is 19.3 Å². The van der Waals surface area contributed by atoms with Crippen LogP contribution in [0.1, 0.15) is 75.8 Å². The highest BCUT2D eigenvalue weighted by atomic mass is 33.1. The molecule has 0 aliphatic carbocycles. The number of aliphatic hydroxyl groups excluding tert-OH is 1. The first-order valence-electron chi connectivity index (χ1n) is 14.5. The minimum absolute atomic E-state index is 0.0109. The number of ether oxygens (including phenoxy) is 2. The molecule has 4 atom stereocenters. The first-order chi connectivity index (χ1) is 19.6. The molecular formula is C29H46N4O6S2. The van der Waals surface area contributed by atoms with Gasteiger partial charge in [0.2, 0.25) is 5.91 Å². The smallest absolute Gasteiger partial charge is 0.302 e. The molecule has 1 saturated heterocycles. The van der Waals surface area contributed by atoms with E-state index in [2.05, 4.69) is 4.99 Å². The maximum Gasteiger partial charge on any atom is 0.302 e. The highest BCUT2D eigenvalue weighted by molar-refractivity contribution is 8.76. The molecule has 12 heteroatoms. The van der Waals surface area contributed by atoms with Crippen LogP contribution in [0.15, 0.2) is 17.1 Å². The van der Waals surface area contributed by atoms with E-state index in [0.29, 0.717) is 56.4 Å². The van der Waals surface area contributed by atoms with Gasteiger partial charge < -0.3 is 36.1 Å². The number of aromatic hydroxyl groups is 1. The molecule has 10 nitrogen and oxygen atoms in total. The lowest BCUT2D eigenvalue weighted by Crippen LogP contribution is -2.28. The molecule has 4 bridgehead atoms. The Labute approximate surface area is 251 Å². The average Bonchev–Trinajstić information content (AvgIpc) is 3.24. The summed E-state index contributed by atoms with van der Waals surface area (Å²) in [6.07, 6.45) is 6.45. The predicted octanol–water partition coefficient (Wildman–Crippen LogP) is 3.74. The van der Waals surface area contributed by atoms with Gasteiger partial charge in [0.1, 0.15) is 6.10 Å². The van der Waals surface area contributed by atoms with Crippen molar-refractivity contribution in [1.82, 2.24) is 4.90 Å². The van der Waals surface area contributed by atoms with Gasteiger partial charge >= 0.3 is 5.97 Å². The van der Waals surface area contributed by atoms with Crippen molar-refractivity contribution in [3.05, 3.63) is 23.3 Å². The Morgan fingerprint density at radius 2 is 1.90 bits per heavy atom. The van der Waals surface area contributed by atoms with E-state index in [-0.39, 0.29) is 42.1 Å². The Morgan fingerprint density at radius 3 is 2.63 bits per heavy atom. The number of nitrogens with zero attached hydrogens (tertiary/aromatic N) is 2. The summed E-state index contributed by atoms with van der Waals surface area (Å²) in [7, 11) is 5.06. The molecular weight excluding hydrogens is 564 g/mol. The summed E-state index contributed by atoms with van der Waals surface area (Å²) in [5.74, 6) is 1.97. The zero-order valence-corrected chi connectivity index (χ0v) is 25.9. The molecule has 0 unspecified atom stereocenters. The first-order valence-corrected chi connectivity index (χ1v) is 17.0. The molecule has 41 heavy (non-hydrogen) atoms. The highest BCUT2D eigenvalue weighted by Gasteiger charge is 2.32. The maximum absolute atomic E-state index is 13.0. The van der Waals surface area contributed by atoms with E-state index in [9.17, 15) is 19.8 Å². The van der Waals surface area contributed by atoms with Crippen molar-refractivity contribution in [2.45, 2.75) is 95.9 Å². The summed E-state index contributed by atoms with van der Waals surface area (Å²) in [4.78, 5) is 31.0. The van der Waals surface area contributed by atoms with Crippen molar-refractivity contribution >= 4 is 39.4 Å². The number of phenols is 1. The number of aliphatic imine (C=N–C) groups is 1. The summed E-state index contributed by atoms with van der Waals surface area (Å²) in [6.45, 7) is 2.20. The molecule has 0 saturated carbocycles. The fourth-order valence-corrected chi connectivity index (χ4v) is 7.93. The van der Waals surface area contributed by atoms with E-state index >= 15 is 0 Å². The quantitative estimate of drug-likeness (QED) is 0.172. The third-order valence-electron chi connectivity index (χ3n) is 7.51. The number of methoxy groups -OCH3 is 1. The second kappa shape index (κ2) is 17.0. The van der Waals surface area contributed by atoms with Crippen molar-refractivity contribution < 1.29 is 29.3 Å². The molecule has 6 N–H and O–H groups in total. The zero-order valence-electron chi connectivity index (χ0n) is 24.3. The Hall–Kier alpha value is -2.31. The number of nitrogens with two attached hydrogens (primary N) is 2. The van der Waals surface area contributed by atoms with Crippen molar-refractivity contribution in [3.63, 3.8) is 0 Å². The number of hydrogen-bond donors (Lipinski definition) is 4. The van der Waals surface area contributed by atoms with Crippen LogP contribution in [0.5, 0.6) is 11.5 Å². The monoisotopic (exact) mass is 610 g/mol. The fourth-order valence-electron chi connectivity index (χ4n) is 5.56. The number of amides is 1. The minimum Gasteiger partial charge on any atom is -0.504 e. The van der Waals surface area contributed by atoms with E-state index < -0.39 is 12.2 Å². The van der Waals surface area contributed by atoms with Crippen LogP contribution in [0.3, 0.4) is 0 Å². The van der Waals surface area contributed by atoms with Crippen LogP contribution >= 0.6 is 21.6 Å². The lowest BCUT2D eigenvalue weighted by Gasteiger charge is -2.22. The first kappa shape index (κ1) is 33.2. The molecule has 1 fully saturated rings. The number of aryl methyl sites for hydroxylation is 1. The molecule has 230 valence electrons. The third-order valence-corrected chi connectivity index (χ3v) is 10.1. The molecule has 1 amide bonds. The van der Waals surface area contributed by atoms with E-state index in [1.54, 1.807) is 21.8 Å². The van der Waals surface area contributed by atoms with Gasteiger partial charge in [-0.1, -0.05) is 46.9 Å². The van der Waals surface area contributed by atoms with Crippen molar-refractivity contribution in [3.8, 4) is 11.5 Å². The van der Waals surface area contributed by atoms with Crippen molar-refractivity contribution in [2.75, 3.05) is 25.2 Å². The molecule has 1 aromatic carbocycles. The third kappa shape index (κ3) is 11.5. The second-order valence-electron chi connectivity index (χ2n) is 11.1. The number of benzene rings is 1. The highest BCUT2D eigenvalue weighted by Crippen LogP contribution is 2.35. The lowest BCUT2D eigenvalue weighted by molar-refractivity contribution is -0.148. The summed E-state index contributed by atoms with van der Waals surface area (Å²) in [5.41, 5.74) is 12.9. The lowest BCUT2D eigenvalue weighted by atomic mass is 9.98. The molecule has 0 spiro atoms. The predicted molar refractivity (Wildman–Crippen MR) is 165 cm³/mol. The topological polar surface area (TPSA) is 161 Å². The largest absolute Gasteiger partial charge is 0.504 e. The number of hydrogen-bond acceptors (Lipinski definition) is 9. The van der Waals surface area contributed by atoms with Gasteiger partial charge in [-0.2, -0.15) is 0 Å². The van der Waals surface area contributed by atoms with Gasteiger partial charge in [0.15, 0.2) is 17.5 Å². The Kier molecular flexibility index (Phi) is 13.7. The van der Waals surface area contributed by atoms with Gasteiger partial charge in [0.25, 0.3) is 0 Å². The average molecular weight is 611 g/mol. The Morgan fingerprint density at radius 1 is 1.12 bits per heavy atom. The van der Waals surface area contributed by atoms with E-state index in [0.717, 1.165) is 42.8 Å². The Bertz CT molecular complexity index is 1040. The van der Waals surface area contributed by atoms with Crippen molar-refractivity contribution in [1.29, 1.82) is 0 Å². The van der Waals surface area contributed by atoms with Crippen molar-refractivity contribution in [2.24, 2.45) is 22.4 Å². The van der Waals surface area contributed by atoms with Crippen LogP contribution in [-0.2, 0) is 27.3 Å². The van der Waals surface area contributed by atoms with Gasteiger partial charge in [-0.05, 0) is 49.7 Å². The number of guanidine groups is 1. The van der Waals surface area contributed by atoms with Gasteiger partial charge in [-0.15, -0.1) is 0 Å². The van der Waals surface area contributed by atoms with Crippen LogP contribution in [-0.4, -0.2) is 76.4 Å². The van der Waals surface area contributed by atoms with Crippen LogP contribution in [0, 0.1) is 5.92 Å². The number of aliphatic hydroxyl groups is 1. The SMILES string of the molecule is COc1cc2cc(c1O)CN1C[C@@H](CC1=O)C[C@@H](N=C(N)N)CSSCCCCCC[C@H](O)C[C@H](OC(C)=O)CC2. The summed E-state index contributed by atoms with van der Waals surface area (Å²) < 4.78 is 11.0. The van der Waals surface area contributed by atoms with Crippen LogP contribution in [0.2, 0.25) is 0 Å². The zero-order chi connectivity index (χ0) is 29.8. The van der Waals surface area contributed by atoms with Crippen LogP contribution < -0.4 is 16.2 Å². The molecule has 3 rings (SSSR count). The number of carbonyl (C=O) groups is 2. The number of carbonyl (C=O) groups excluding carboxylic acids is 2. The molecule has 2 heterocycles. The molecule has 2 aliphatic rings. The van der Waals surface area contributed by atoms with Gasteiger partial charge in [-0.25, -0.2) is 4.99 Å². The standard InChI is InChI=1S/C29H46N4O6S2/c1-19(34)39-25-9-8-20-11-22(28(37)26(13-20)38-2)17-33-16-21(14-27(33)36)12-23(32-29(30)31)18-41-40-10-6-4-3-5-7-24(35)15-25/h11,13,21,23-25,35,37H,3-10,12,14-18H2,1-2H3,(H4,30,31,32)/t21-,23-,24+,25-/m1/s1. The summed E-state index contributed by atoms with van der Waals surface area (Å²) in [6, 6.07) is 3.58. The van der Waals surface area contributed by atoms with Gasteiger partial charge in [0, 0.05) is 49.9 Å². The molecule has 0 radical (unpaired) electrons. The van der Waals surface area contributed by atoms with E-state index in [1.807, 2.05) is 16.9 Å². The van der Waals surface area contributed by atoms with Gasteiger partial charge in [-0.3, -0.25) is 9.59 Å².